The van der Waals surface area contributed by atoms with Gasteiger partial charge in [0.15, 0.2) is 0 Å². The number of hydrogen-bond donors (Lipinski definition) is 2. The molecule has 2 N–H and O–H groups in total. The van der Waals surface area contributed by atoms with Gasteiger partial charge in [-0.2, -0.15) is 0 Å². The third kappa shape index (κ3) is 3.83. The van der Waals surface area contributed by atoms with Gasteiger partial charge >= 0.3 is 0 Å². The number of nitrogens with zero attached hydrogens (tertiary/aromatic N) is 1. The Hall–Kier alpha value is -2.37. The van der Waals surface area contributed by atoms with Gasteiger partial charge in [0.25, 0.3) is 0 Å². The summed E-state index contributed by atoms with van der Waals surface area (Å²) in [6.45, 7) is 0.112. The number of halogens is 1. The summed E-state index contributed by atoms with van der Waals surface area (Å²) in [6, 6.07) is 14.8. The Morgan fingerprint density at radius 1 is 1.28 bits per heavy atom. The van der Waals surface area contributed by atoms with Gasteiger partial charge in [0, 0.05) is 18.1 Å². The second kappa shape index (κ2) is 7.68. The lowest BCUT2D eigenvalue weighted by Gasteiger charge is -2.36. The van der Waals surface area contributed by atoms with Crippen molar-refractivity contribution in [1.82, 2.24) is 10.2 Å². The van der Waals surface area contributed by atoms with Crippen LogP contribution in [0.4, 0.5) is 0 Å². The fraction of sp³-hybridized carbons (Fsp3) is 0.263. The second-order valence-electron chi connectivity index (χ2n) is 5.87. The minimum atomic E-state index is -0.745. The third-order valence-electron chi connectivity index (χ3n) is 4.30. The minimum Gasteiger partial charge on any atom is -0.387 e. The van der Waals surface area contributed by atoms with Crippen LogP contribution >= 0.6 is 11.6 Å². The van der Waals surface area contributed by atoms with Gasteiger partial charge in [0.1, 0.15) is 12.6 Å². The fourth-order valence-electron chi connectivity index (χ4n) is 3.03. The van der Waals surface area contributed by atoms with Crippen molar-refractivity contribution in [2.75, 3.05) is 13.2 Å². The Bertz CT molecular complexity index is 776. The molecule has 2 aromatic rings. The molecule has 0 aliphatic carbocycles. The van der Waals surface area contributed by atoms with Gasteiger partial charge < -0.3 is 15.3 Å². The first-order valence-electron chi connectivity index (χ1n) is 8.01. The highest BCUT2D eigenvalue weighted by molar-refractivity contribution is 6.30. The smallest absolute Gasteiger partial charge is 0.249 e. The summed E-state index contributed by atoms with van der Waals surface area (Å²) in [5, 5.41) is 12.7. The molecule has 0 fully saturated rings. The van der Waals surface area contributed by atoms with Crippen LogP contribution in [0.15, 0.2) is 42.5 Å². The fourth-order valence-corrected chi connectivity index (χ4v) is 3.15. The van der Waals surface area contributed by atoms with Crippen molar-refractivity contribution < 1.29 is 14.7 Å². The van der Waals surface area contributed by atoms with Crippen LogP contribution in [0.2, 0.25) is 5.02 Å². The predicted octanol–water partition coefficient (Wildman–Crippen LogP) is 1.87. The van der Waals surface area contributed by atoms with Crippen molar-refractivity contribution in [3.63, 3.8) is 0 Å². The number of aliphatic hydroxyl groups excluding tert-OH is 1. The Morgan fingerprint density at radius 3 is 2.76 bits per heavy atom. The van der Waals surface area contributed by atoms with E-state index in [-0.39, 0.29) is 5.91 Å². The molecule has 2 amide bonds. The molecule has 6 heteroatoms. The number of rotatable bonds is 4. The molecule has 5 nitrogen and oxygen atoms in total. The van der Waals surface area contributed by atoms with Crippen LogP contribution in [0, 0.1) is 6.07 Å². The van der Waals surface area contributed by atoms with Crippen LogP contribution in [0.5, 0.6) is 0 Å². The summed E-state index contributed by atoms with van der Waals surface area (Å²) < 4.78 is 0. The molecule has 1 aliphatic heterocycles. The van der Waals surface area contributed by atoms with Crippen molar-refractivity contribution in [2.24, 2.45) is 0 Å². The number of fused-ring (bicyclic) bond motifs is 1. The lowest BCUT2D eigenvalue weighted by molar-refractivity contribution is -0.143. The zero-order valence-corrected chi connectivity index (χ0v) is 14.3. The lowest BCUT2D eigenvalue weighted by atomic mass is 9.92. The normalized spacial score (nSPS) is 16.2. The molecular weight excluding hydrogens is 340 g/mol. The molecule has 0 aromatic heterocycles. The quantitative estimate of drug-likeness (QED) is 0.877. The van der Waals surface area contributed by atoms with Crippen LogP contribution in [-0.4, -0.2) is 35.0 Å². The highest BCUT2D eigenvalue weighted by Crippen LogP contribution is 2.30. The van der Waals surface area contributed by atoms with E-state index < -0.39 is 18.6 Å². The third-order valence-corrected chi connectivity index (χ3v) is 4.55. The molecule has 0 spiro atoms. The van der Waals surface area contributed by atoms with E-state index in [9.17, 15) is 14.7 Å². The molecule has 2 aromatic carbocycles. The van der Waals surface area contributed by atoms with E-state index in [0.29, 0.717) is 24.5 Å². The Kier molecular flexibility index (Phi) is 5.36. The largest absolute Gasteiger partial charge is 0.387 e. The van der Waals surface area contributed by atoms with E-state index in [1.807, 2.05) is 18.2 Å². The first-order valence-corrected chi connectivity index (χ1v) is 8.39. The van der Waals surface area contributed by atoms with Gasteiger partial charge in [-0.1, -0.05) is 41.9 Å². The molecule has 0 bridgehead atoms. The second-order valence-corrected chi connectivity index (χ2v) is 6.30. The van der Waals surface area contributed by atoms with Crippen LogP contribution in [0.3, 0.4) is 0 Å². The molecule has 3 rings (SSSR count). The Balaban J connectivity index is 1.81. The zero-order valence-electron chi connectivity index (χ0n) is 13.5. The van der Waals surface area contributed by atoms with E-state index in [0.717, 1.165) is 16.7 Å². The van der Waals surface area contributed by atoms with Gasteiger partial charge in [0.2, 0.25) is 11.8 Å². The molecule has 1 aliphatic rings. The molecule has 1 unspecified atom stereocenters. The minimum absolute atomic E-state index is 0.274. The van der Waals surface area contributed by atoms with E-state index in [2.05, 4.69) is 11.4 Å². The zero-order chi connectivity index (χ0) is 17.8. The number of aliphatic hydroxyl groups is 1. The molecule has 1 atom stereocenters. The average molecular weight is 358 g/mol. The maximum absolute atomic E-state index is 12.8. The number of amides is 2. The molecule has 0 saturated heterocycles. The van der Waals surface area contributed by atoms with Crippen LogP contribution in [0.1, 0.15) is 22.7 Å². The van der Waals surface area contributed by atoms with E-state index in [4.69, 9.17) is 11.6 Å². The van der Waals surface area contributed by atoms with E-state index in [1.54, 1.807) is 24.3 Å². The Morgan fingerprint density at radius 2 is 2.04 bits per heavy atom. The maximum Gasteiger partial charge on any atom is 0.249 e. The van der Waals surface area contributed by atoms with Gasteiger partial charge in [-0.25, -0.2) is 0 Å². The number of carbonyl (C=O) groups is 2. The van der Waals surface area contributed by atoms with Gasteiger partial charge in [-0.3, -0.25) is 9.59 Å². The monoisotopic (exact) mass is 357 g/mol. The van der Waals surface area contributed by atoms with Gasteiger partial charge in [0.05, 0.1) is 0 Å². The molecule has 25 heavy (non-hydrogen) atoms. The number of hydrogen-bond acceptors (Lipinski definition) is 3. The summed E-state index contributed by atoms with van der Waals surface area (Å²) >= 11 is 5.86. The molecule has 1 radical (unpaired) electrons. The van der Waals surface area contributed by atoms with Crippen molar-refractivity contribution in [3.8, 4) is 0 Å². The molecule has 1 heterocycles. The first kappa shape index (κ1) is 17.5. The predicted molar refractivity (Wildman–Crippen MR) is 93.8 cm³/mol. The van der Waals surface area contributed by atoms with Gasteiger partial charge in [-0.15, -0.1) is 0 Å². The van der Waals surface area contributed by atoms with E-state index >= 15 is 0 Å². The average Bonchev–Trinajstić information content (AvgIpc) is 2.65. The SMILES string of the molecule is O=C(NCc1ccc(Cl)cc1)C1c2cc[c]cc2CCN1C(=O)CO. The molecule has 129 valence electrons. The molecular formula is C19H18ClN2O3. The van der Waals surface area contributed by atoms with Crippen LogP contribution in [-0.2, 0) is 22.6 Å². The summed E-state index contributed by atoms with van der Waals surface area (Å²) in [4.78, 5) is 26.3. The highest BCUT2D eigenvalue weighted by Gasteiger charge is 2.35. The first-order chi connectivity index (χ1) is 12.1. The lowest BCUT2D eigenvalue weighted by Crippen LogP contribution is -2.48. The van der Waals surface area contributed by atoms with Crippen molar-refractivity contribution in [1.29, 1.82) is 0 Å². The topological polar surface area (TPSA) is 69.6 Å². The standard InChI is InChI=1S/C19H18ClN2O3/c20-15-7-5-13(6-8-15)11-21-19(25)18-16-4-2-1-3-14(16)9-10-22(18)17(24)12-23/h2-8,18,23H,9-12H2,(H,21,25). The summed E-state index contributed by atoms with van der Waals surface area (Å²) in [5.74, 6) is -0.728. The number of benzene rings is 2. The summed E-state index contributed by atoms with van der Waals surface area (Å²) in [7, 11) is 0. The van der Waals surface area contributed by atoms with Crippen LogP contribution in [0.25, 0.3) is 0 Å². The molecule has 0 saturated carbocycles. The summed E-state index contributed by atoms with van der Waals surface area (Å²) in [5.41, 5.74) is 2.69. The van der Waals surface area contributed by atoms with Gasteiger partial charge in [-0.05, 0) is 41.3 Å². The summed E-state index contributed by atoms with van der Waals surface area (Å²) in [6.07, 6.45) is 0.638. The van der Waals surface area contributed by atoms with Crippen molar-refractivity contribution >= 4 is 23.4 Å². The maximum atomic E-state index is 12.8. The van der Waals surface area contributed by atoms with Crippen molar-refractivity contribution in [2.45, 2.75) is 19.0 Å². The van der Waals surface area contributed by atoms with Crippen LogP contribution < -0.4 is 5.32 Å². The highest BCUT2D eigenvalue weighted by atomic mass is 35.5. The van der Waals surface area contributed by atoms with Crippen molar-refractivity contribution in [3.05, 3.63) is 70.2 Å². The van der Waals surface area contributed by atoms with E-state index in [1.165, 1.54) is 4.90 Å². The Labute approximate surface area is 151 Å². The number of nitrogens with one attached hydrogen (secondary N) is 1. The number of carbonyl (C=O) groups excluding carboxylic acids is 2.